The molecule has 112 valence electrons. The Bertz CT molecular complexity index is 626. The Morgan fingerprint density at radius 3 is 2.90 bits per heavy atom. The maximum atomic E-state index is 6.52. The van der Waals surface area contributed by atoms with Crippen molar-refractivity contribution in [3.05, 3.63) is 30.4 Å². The first-order valence-corrected chi connectivity index (χ1v) is 7.14. The van der Waals surface area contributed by atoms with Crippen LogP contribution in [0.5, 0.6) is 0 Å². The number of nitrogens with two attached hydrogens (primary N) is 1. The summed E-state index contributed by atoms with van der Waals surface area (Å²) < 4.78 is 11.1. The highest BCUT2D eigenvalue weighted by Crippen LogP contribution is 2.55. The van der Waals surface area contributed by atoms with Crippen molar-refractivity contribution in [1.82, 2.24) is 15.1 Å². The number of pyridine rings is 1. The van der Waals surface area contributed by atoms with Gasteiger partial charge >= 0.3 is 0 Å². The monoisotopic (exact) mass is 288 g/mol. The van der Waals surface area contributed by atoms with Gasteiger partial charge in [-0.15, -0.1) is 0 Å². The molecule has 6 nitrogen and oxygen atoms in total. The fourth-order valence-electron chi connectivity index (χ4n) is 2.82. The third-order valence-electron chi connectivity index (χ3n) is 4.56. The van der Waals surface area contributed by atoms with Crippen LogP contribution < -0.4 is 5.73 Å². The van der Waals surface area contributed by atoms with Gasteiger partial charge in [-0.2, -0.15) is 4.98 Å². The van der Waals surface area contributed by atoms with Crippen LogP contribution in [0.3, 0.4) is 0 Å². The van der Waals surface area contributed by atoms with Crippen LogP contribution >= 0.6 is 0 Å². The highest BCUT2D eigenvalue weighted by molar-refractivity contribution is 5.52. The van der Waals surface area contributed by atoms with Crippen LogP contribution in [0.15, 0.2) is 29.0 Å². The van der Waals surface area contributed by atoms with Gasteiger partial charge in [0.1, 0.15) is 5.54 Å². The number of hydrogen-bond acceptors (Lipinski definition) is 6. The molecule has 2 atom stereocenters. The average molecular weight is 288 g/mol. The van der Waals surface area contributed by atoms with Crippen molar-refractivity contribution in [3.8, 4) is 11.4 Å². The number of nitrogens with zero attached hydrogens (tertiary/aromatic N) is 3. The highest BCUT2D eigenvalue weighted by atomic mass is 16.5. The van der Waals surface area contributed by atoms with E-state index in [9.17, 15) is 0 Å². The minimum atomic E-state index is -0.652. The van der Waals surface area contributed by atoms with Gasteiger partial charge in [-0.1, -0.05) is 19.0 Å². The second kappa shape index (κ2) is 4.89. The van der Waals surface area contributed by atoms with Crippen LogP contribution in [0, 0.1) is 5.41 Å². The Labute approximate surface area is 123 Å². The number of aromatic nitrogens is 3. The standard InChI is InChI=1S/C15H20N4O2/c1-4-20-11-8-15(16,14(11,2)3)13-18-12(19-21-13)10-6-5-7-17-9-10/h5-7,9,11H,4,8,16H2,1-3H3. The quantitative estimate of drug-likeness (QED) is 0.927. The highest BCUT2D eigenvalue weighted by Gasteiger charge is 2.62. The van der Waals surface area contributed by atoms with Crippen molar-refractivity contribution in [2.75, 3.05) is 6.61 Å². The van der Waals surface area contributed by atoms with E-state index in [0.717, 1.165) is 5.56 Å². The molecular weight excluding hydrogens is 268 g/mol. The number of rotatable bonds is 4. The summed E-state index contributed by atoms with van der Waals surface area (Å²) in [6.45, 7) is 6.81. The van der Waals surface area contributed by atoms with Crippen LogP contribution in [0.1, 0.15) is 33.1 Å². The molecule has 1 aliphatic carbocycles. The van der Waals surface area contributed by atoms with Crippen LogP contribution in [0.4, 0.5) is 0 Å². The van der Waals surface area contributed by atoms with Crippen molar-refractivity contribution in [1.29, 1.82) is 0 Å². The first kappa shape index (κ1) is 14.2. The van der Waals surface area contributed by atoms with E-state index in [-0.39, 0.29) is 11.5 Å². The molecule has 0 bridgehead atoms. The zero-order valence-electron chi connectivity index (χ0n) is 12.5. The van der Waals surface area contributed by atoms with Crippen LogP contribution in [-0.2, 0) is 10.3 Å². The van der Waals surface area contributed by atoms with Gasteiger partial charge in [-0.05, 0) is 19.1 Å². The third-order valence-corrected chi connectivity index (χ3v) is 4.56. The summed E-state index contributed by atoms with van der Waals surface area (Å²) in [5, 5.41) is 4.02. The van der Waals surface area contributed by atoms with Gasteiger partial charge in [0.15, 0.2) is 0 Å². The van der Waals surface area contributed by atoms with Gasteiger partial charge in [0, 0.05) is 36.4 Å². The molecule has 2 aromatic heterocycles. The van der Waals surface area contributed by atoms with E-state index in [1.54, 1.807) is 12.4 Å². The predicted molar refractivity (Wildman–Crippen MR) is 77.2 cm³/mol. The number of ether oxygens (including phenoxy) is 1. The minimum absolute atomic E-state index is 0.112. The van der Waals surface area contributed by atoms with E-state index >= 15 is 0 Å². The van der Waals surface area contributed by atoms with Crippen molar-refractivity contribution >= 4 is 0 Å². The molecule has 6 heteroatoms. The molecule has 2 heterocycles. The van der Waals surface area contributed by atoms with E-state index in [2.05, 4.69) is 29.0 Å². The smallest absolute Gasteiger partial charge is 0.247 e. The fourth-order valence-corrected chi connectivity index (χ4v) is 2.82. The summed E-state index contributed by atoms with van der Waals surface area (Å²) in [4.78, 5) is 8.52. The molecule has 1 fully saturated rings. The van der Waals surface area contributed by atoms with E-state index in [4.69, 9.17) is 15.0 Å². The number of hydrogen-bond donors (Lipinski definition) is 1. The zero-order chi connectivity index (χ0) is 15.1. The zero-order valence-corrected chi connectivity index (χ0v) is 12.5. The van der Waals surface area contributed by atoms with Crippen LogP contribution in [0.2, 0.25) is 0 Å². The SMILES string of the molecule is CCOC1CC(N)(c2nc(-c3cccnc3)no2)C1(C)C. The molecule has 0 aliphatic heterocycles. The van der Waals surface area contributed by atoms with E-state index in [0.29, 0.717) is 24.7 Å². The molecule has 0 amide bonds. The second-order valence-electron chi connectivity index (χ2n) is 6.01. The van der Waals surface area contributed by atoms with E-state index in [1.165, 1.54) is 0 Å². The van der Waals surface area contributed by atoms with Gasteiger partial charge in [0.05, 0.1) is 6.10 Å². The summed E-state index contributed by atoms with van der Waals surface area (Å²) in [5.74, 6) is 0.973. The Morgan fingerprint density at radius 1 is 1.48 bits per heavy atom. The third kappa shape index (κ3) is 2.06. The molecule has 3 rings (SSSR count). The van der Waals surface area contributed by atoms with Crippen LogP contribution in [-0.4, -0.2) is 27.8 Å². The largest absolute Gasteiger partial charge is 0.378 e. The lowest BCUT2D eigenvalue weighted by molar-refractivity contribution is -0.162. The molecule has 2 unspecified atom stereocenters. The van der Waals surface area contributed by atoms with Gasteiger partial charge < -0.3 is 15.0 Å². The minimum Gasteiger partial charge on any atom is -0.378 e. The van der Waals surface area contributed by atoms with Crippen molar-refractivity contribution in [3.63, 3.8) is 0 Å². The van der Waals surface area contributed by atoms with Crippen molar-refractivity contribution in [2.24, 2.45) is 11.1 Å². The summed E-state index contributed by atoms with van der Waals surface area (Å²) in [5.41, 5.74) is 6.44. The Morgan fingerprint density at radius 2 is 2.29 bits per heavy atom. The lowest BCUT2D eigenvalue weighted by atomic mass is 9.54. The molecule has 21 heavy (non-hydrogen) atoms. The molecule has 0 radical (unpaired) electrons. The van der Waals surface area contributed by atoms with E-state index in [1.807, 2.05) is 19.1 Å². The lowest BCUT2D eigenvalue weighted by Gasteiger charge is -2.56. The first-order chi connectivity index (χ1) is 9.99. The van der Waals surface area contributed by atoms with Gasteiger partial charge in [0.2, 0.25) is 11.7 Å². The molecule has 2 N–H and O–H groups in total. The fraction of sp³-hybridized carbons (Fsp3) is 0.533. The van der Waals surface area contributed by atoms with E-state index < -0.39 is 5.54 Å². The Kier molecular flexibility index (Phi) is 3.30. The average Bonchev–Trinajstić information content (AvgIpc) is 2.98. The lowest BCUT2D eigenvalue weighted by Crippen LogP contribution is -2.67. The van der Waals surface area contributed by atoms with Gasteiger partial charge in [0.25, 0.3) is 0 Å². The molecule has 1 saturated carbocycles. The molecule has 0 saturated heterocycles. The second-order valence-corrected chi connectivity index (χ2v) is 6.01. The Balaban J connectivity index is 1.87. The Hall–Kier alpha value is -1.79. The molecule has 2 aromatic rings. The molecular formula is C15H20N4O2. The molecule has 1 aliphatic rings. The predicted octanol–water partition coefficient (Wildman–Crippen LogP) is 2.12. The van der Waals surface area contributed by atoms with Crippen molar-refractivity contribution in [2.45, 2.75) is 38.8 Å². The normalized spacial score (nSPS) is 27.3. The maximum Gasteiger partial charge on any atom is 0.247 e. The summed E-state index contributed by atoms with van der Waals surface area (Å²) in [6, 6.07) is 3.72. The van der Waals surface area contributed by atoms with Gasteiger partial charge in [-0.25, -0.2) is 0 Å². The molecule has 0 aromatic carbocycles. The molecule has 0 spiro atoms. The van der Waals surface area contributed by atoms with Crippen molar-refractivity contribution < 1.29 is 9.26 Å². The topological polar surface area (TPSA) is 87.1 Å². The van der Waals surface area contributed by atoms with Gasteiger partial charge in [-0.3, -0.25) is 4.98 Å². The summed E-state index contributed by atoms with van der Waals surface area (Å²) in [7, 11) is 0. The summed E-state index contributed by atoms with van der Waals surface area (Å²) >= 11 is 0. The summed E-state index contributed by atoms with van der Waals surface area (Å²) in [6.07, 6.45) is 4.20. The maximum absolute atomic E-state index is 6.52. The van der Waals surface area contributed by atoms with Crippen LogP contribution in [0.25, 0.3) is 11.4 Å². The first-order valence-electron chi connectivity index (χ1n) is 7.14.